The minimum atomic E-state index is -3.33. The number of piperidine rings is 1. The molecule has 1 unspecified atom stereocenters. The van der Waals surface area contributed by atoms with Gasteiger partial charge in [0.05, 0.1) is 18.4 Å². The summed E-state index contributed by atoms with van der Waals surface area (Å²) < 4.78 is 30.2. The molecule has 0 amide bonds. The Balaban J connectivity index is 2.62. The molecule has 0 aromatic rings. The average Bonchev–Trinajstić information content (AvgIpc) is 2.29. The van der Waals surface area contributed by atoms with Crippen LogP contribution in [0.3, 0.4) is 0 Å². The summed E-state index contributed by atoms with van der Waals surface area (Å²) in [6, 6.07) is 1.57. The molecule has 1 aliphatic rings. The number of sulfonamides is 1. The van der Waals surface area contributed by atoms with Crippen molar-refractivity contribution in [2.75, 3.05) is 25.5 Å². The van der Waals surface area contributed by atoms with Crippen LogP contribution < -0.4 is 0 Å². The quantitative estimate of drug-likeness (QED) is 0.670. The standard InChI is InChI=1S/C10H18N2O3S/c1-2-15-7-8-16(13,14)12-6-4-3-5-10(12)9-11/h10H,2-8H2,1H3. The minimum Gasteiger partial charge on any atom is -0.381 e. The molecule has 1 atom stereocenters. The van der Waals surface area contributed by atoms with Crippen LogP contribution in [0, 0.1) is 11.3 Å². The van der Waals surface area contributed by atoms with E-state index in [1.807, 2.05) is 6.92 Å². The molecule has 0 aromatic heterocycles. The molecule has 1 rings (SSSR count). The number of nitriles is 1. The van der Waals surface area contributed by atoms with Crippen molar-refractivity contribution in [3.05, 3.63) is 0 Å². The van der Waals surface area contributed by atoms with Crippen molar-refractivity contribution < 1.29 is 13.2 Å². The second kappa shape index (κ2) is 6.18. The zero-order chi connectivity index (χ0) is 12.0. The van der Waals surface area contributed by atoms with Crippen LogP contribution in [0.25, 0.3) is 0 Å². The highest BCUT2D eigenvalue weighted by atomic mass is 32.2. The van der Waals surface area contributed by atoms with Crippen LogP contribution in [0.2, 0.25) is 0 Å². The van der Waals surface area contributed by atoms with Crippen LogP contribution in [0.5, 0.6) is 0 Å². The summed E-state index contributed by atoms with van der Waals surface area (Å²) in [7, 11) is -3.33. The highest BCUT2D eigenvalue weighted by Crippen LogP contribution is 2.20. The summed E-state index contributed by atoms with van der Waals surface area (Å²) in [5.41, 5.74) is 0. The molecule has 6 heteroatoms. The summed E-state index contributed by atoms with van der Waals surface area (Å²) in [4.78, 5) is 0. The number of hydrogen-bond acceptors (Lipinski definition) is 4. The van der Waals surface area contributed by atoms with E-state index in [1.165, 1.54) is 4.31 Å². The Bertz CT molecular complexity index is 348. The van der Waals surface area contributed by atoms with Gasteiger partial charge in [-0.15, -0.1) is 0 Å². The van der Waals surface area contributed by atoms with Gasteiger partial charge >= 0.3 is 0 Å². The topological polar surface area (TPSA) is 70.4 Å². The summed E-state index contributed by atoms with van der Waals surface area (Å²) in [5.74, 6) is -0.0288. The molecule has 16 heavy (non-hydrogen) atoms. The van der Waals surface area contributed by atoms with Crippen molar-refractivity contribution in [1.29, 1.82) is 5.26 Å². The van der Waals surface area contributed by atoms with Crippen molar-refractivity contribution in [3.8, 4) is 6.07 Å². The lowest BCUT2D eigenvalue weighted by atomic mass is 10.1. The smallest absolute Gasteiger partial charge is 0.217 e. The lowest BCUT2D eigenvalue weighted by molar-refractivity contribution is 0.161. The second-order valence-corrected chi connectivity index (χ2v) is 5.81. The minimum absolute atomic E-state index is 0.0288. The van der Waals surface area contributed by atoms with E-state index in [1.54, 1.807) is 0 Å². The van der Waals surface area contributed by atoms with Gasteiger partial charge in [0.1, 0.15) is 6.04 Å². The van der Waals surface area contributed by atoms with Gasteiger partial charge in [-0.1, -0.05) is 0 Å². The fourth-order valence-corrected chi connectivity index (χ4v) is 3.30. The first-order valence-corrected chi connectivity index (χ1v) is 7.19. The number of rotatable bonds is 5. The van der Waals surface area contributed by atoms with E-state index >= 15 is 0 Å². The van der Waals surface area contributed by atoms with Crippen LogP contribution in [0.15, 0.2) is 0 Å². The van der Waals surface area contributed by atoms with Crippen molar-refractivity contribution in [3.63, 3.8) is 0 Å². The molecule has 0 aliphatic carbocycles. The van der Waals surface area contributed by atoms with E-state index in [-0.39, 0.29) is 12.4 Å². The maximum atomic E-state index is 11.9. The maximum Gasteiger partial charge on any atom is 0.217 e. The Hall–Kier alpha value is -0.640. The van der Waals surface area contributed by atoms with Gasteiger partial charge in [-0.05, 0) is 26.2 Å². The maximum absolute atomic E-state index is 11.9. The predicted molar refractivity (Wildman–Crippen MR) is 60.2 cm³/mol. The van der Waals surface area contributed by atoms with E-state index in [9.17, 15) is 8.42 Å². The Kier molecular flexibility index (Phi) is 5.19. The number of nitrogens with zero attached hydrogens (tertiary/aromatic N) is 2. The SMILES string of the molecule is CCOCCS(=O)(=O)N1CCCCC1C#N. The first-order valence-electron chi connectivity index (χ1n) is 5.58. The molecule has 1 heterocycles. The zero-order valence-electron chi connectivity index (χ0n) is 9.55. The third-order valence-corrected chi connectivity index (χ3v) is 4.48. The fraction of sp³-hybridized carbons (Fsp3) is 0.900. The molecule has 0 saturated carbocycles. The Morgan fingerprint density at radius 3 is 2.88 bits per heavy atom. The third kappa shape index (κ3) is 3.44. The molecule has 0 bridgehead atoms. The van der Waals surface area contributed by atoms with Crippen molar-refractivity contribution in [2.24, 2.45) is 0 Å². The first-order chi connectivity index (χ1) is 7.61. The Morgan fingerprint density at radius 2 is 2.25 bits per heavy atom. The Morgan fingerprint density at radius 1 is 1.50 bits per heavy atom. The van der Waals surface area contributed by atoms with E-state index in [0.717, 1.165) is 12.8 Å². The fourth-order valence-electron chi connectivity index (χ4n) is 1.79. The molecule has 0 radical (unpaired) electrons. The van der Waals surface area contributed by atoms with Gasteiger partial charge in [0.25, 0.3) is 0 Å². The largest absolute Gasteiger partial charge is 0.381 e. The van der Waals surface area contributed by atoms with Crippen LogP contribution in [0.4, 0.5) is 0 Å². The summed E-state index contributed by atoms with van der Waals surface area (Å²) in [6.07, 6.45) is 2.41. The van der Waals surface area contributed by atoms with E-state index < -0.39 is 16.1 Å². The molecule has 92 valence electrons. The van der Waals surface area contributed by atoms with Crippen molar-refractivity contribution in [2.45, 2.75) is 32.2 Å². The van der Waals surface area contributed by atoms with Gasteiger partial charge in [0.15, 0.2) is 0 Å². The van der Waals surface area contributed by atoms with Gasteiger partial charge in [0.2, 0.25) is 10.0 Å². The normalized spacial score (nSPS) is 22.9. The van der Waals surface area contributed by atoms with Gasteiger partial charge in [-0.25, -0.2) is 8.42 Å². The monoisotopic (exact) mass is 246 g/mol. The highest BCUT2D eigenvalue weighted by Gasteiger charge is 2.31. The van der Waals surface area contributed by atoms with E-state index in [4.69, 9.17) is 10.00 Å². The van der Waals surface area contributed by atoms with Gasteiger partial charge in [0, 0.05) is 13.2 Å². The van der Waals surface area contributed by atoms with Gasteiger partial charge in [-0.3, -0.25) is 0 Å². The van der Waals surface area contributed by atoms with E-state index in [2.05, 4.69) is 6.07 Å². The van der Waals surface area contributed by atoms with Crippen molar-refractivity contribution in [1.82, 2.24) is 4.31 Å². The zero-order valence-corrected chi connectivity index (χ0v) is 10.4. The summed E-state index contributed by atoms with van der Waals surface area (Å²) in [6.45, 7) is 3.00. The molecule has 1 saturated heterocycles. The first kappa shape index (κ1) is 13.4. The van der Waals surface area contributed by atoms with Crippen molar-refractivity contribution >= 4 is 10.0 Å². The average molecular weight is 246 g/mol. The highest BCUT2D eigenvalue weighted by molar-refractivity contribution is 7.89. The van der Waals surface area contributed by atoms with Crippen LogP contribution >= 0.6 is 0 Å². The number of hydrogen-bond donors (Lipinski definition) is 0. The molecule has 0 N–H and O–H groups in total. The lowest BCUT2D eigenvalue weighted by Crippen LogP contribution is -2.44. The second-order valence-electron chi connectivity index (χ2n) is 3.76. The van der Waals surface area contributed by atoms with Gasteiger partial charge in [-0.2, -0.15) is 9.57 Å². The summed E-state index contributed by atoms with van der Waals surface area (Å²) >= 11 is 0. The van der Waals surface area contributed by atoms with E-state index in [0.29, 0.717) is 19.6 Å². The molecular formula is C10H18N2O3S. The summed E-state index contributed by atoms with van der Waals surface area (Å²) in [5, 5.41) is 8.91. The molecule has 1 fully saturated rings. The molecule has 0 aromatic carbocycles. The third-order valence-electron chi connectivity index (χ3n) is 2.65. The van der Waals surface area contributed by atoms with Gasteiger partial charge < -0.3 is 4.74 Å². The Labute approximate surface area is 97.0 Å². The molecule has 0 spiro atoms. The van der Waals surface area contributed by atoms with Crippen LogP contribution in [0.1, 0.15) is 26.2 Å². The molecule has 5 nitrogen and oxygen atoms in total. The molecular weight excluding hydrogens is 228 g/mol. The number of ether oxygens (including phenoxy) is 1. The van der Waals surface area contributed by atoms with Crippen LogP contribution in [-0.4, -0.2) is 44.3 Å². The van der Waals surface area contributed by atoms with Crippen LogP contribution in [-0.2, 0) is 14.8 Å². The predicted octanol–water partition coefficient (Wildman–Crippen LogP) is 0.731. The lowest BCUT2D eigenvalue weighted by Gasteiger charge is -2.30. The molecule has 1 aliphatic heterocycles.